The van der Waals surface area contributed by atoms with Gasteiger partial charge in [0.1, 0.15) is 11.6 Å². The molecule has 0 bridgehead atoms. The Hall–Kier alpha value is -2.45. The molecular formula is C22H27FN2O4S. The van der Waals surface area contributed by atoms with Crippen LogP contribution in [0, 0.1) is 18.7 Å². The number of sulfonamides is 1. The first-order chi connectivity index (χ1) is 14.2. The second-order valence-corrected chi connectivity index (χ2v) is 9.55. The summed E-state index contributed by atoms with van der Waals surface area (Å²) in [6, 6.07) is 10.4. The van der Waals surface area contributed by atoms with Crippen LogP contribution in [0.15, 0.2) is 47.4 Å². The fourth-order valence-corrected chi connectivity index (χ4v) is 5.31. The van der Waals surface area contributed by atoms with E-state index in [2.05, 4.69) is 5.32 Å². The van der Waals surface area contributed by atoms with E-state index < -0.39 is 15.9 Å². The first kappa shape index (κ1) is 22.2. The van der Waals surface area contributed by atoms with Gasteiger partial charge in [0.2, 0.25) is 15.9 Å². The molecule has 162 valence electrons. The molecule has 3 rings (SSSR count). The van der Waals surface area contributed by atoms with E-state index in [0.717, 1.165) is 11.1 Å². The molecule has 0 saturated carbocycles. The summed E-state index contributed by atoms with van der Waals surface area (Å²) in [5.41, 5.74) is 1.52. The minimum Gasteiger partial charge on any atom is -0.496 e. The van der Waals surface area contributed by atoms with Gasteiger partial charge in [-0.15, -0.1) is 0 Å². The fraction of sp³-hybridized carbons (Fsp3) is 0.409. The van der Waals surface area contributed by atoms with Crippen LogP contribution in [0.2, 0.25) is 0 Å². The average Bonchev–Trinajstić information content (AvgIpc) is 2.74. The molecule has 0 spiro atoms. The summed E-state index contributed by atoms with van der Waals surface area (Å²) in [6.45, 7) is 4.13. The third-order valence-corrected chi connectivity index (χ3v) is 7.35. The molecule has 0 radical (unpaired) electrons. The van der Waals surface area contributed by atoms with E-state index in [1.807, 2.05) is 6.92 Å². The Bertz CT molecular complexity index is 1010. The second-order valence-electron chi connectivity index (χ2n) is 7.62. The Labute approximate surface area is 177 Å². The van der Waals surface area contributed by atoms with Gasteiger partial charge in [0.15, 0.2) is 0 Å². The second kappa shape index (κ2) is 9.14. The van der Waals surface area contributed by atoms with Gasteiger partial charge in [-0.05, 0) is 68.1 Å². The highest BCUT2D eigenvalue weighted by molar-refractivity contribution is 7.89. The van der Waals surface area contributed by atoms with Crippen molar-refractivity contribution < 1.29 is 22.3 Å². The van der Waals surface area contributed by atoms with E-state index in [-0.39, 0.29) is 29.2 Å². The van der Waals surface area contributed by atoms with Crippen molar-refractivity contribution in [3.63, 3.8) is 0 Å². The van der Waals surface area contributed by atoms with Gasteiger partial charge in [-0.2, -0.15) is 4.31 Å². The summed E-state index contributed by atoms with van der Waals surface area (Å²) in [5, 5.41) is 2.92. The normalized spacial score (nSPS) is 18.6. The molecule has 1 N–H and O–H groups in total. The molecule has 1 saturated heterocycles. The van der Waals surface area contributed by atoms with Gasteiger partial charge < -0.3 is 10.1 Å². The van der Waals surface area contributed by atoms with Crippen molar-refractivity contribution in [1.29, 1.82) is 0 Å². The van der Waals surface area contributed by atoms with Crippen LogP contribution in [0.25, 0.3) is 0 Å². The minimum absolute atomic E-state index is 0.134. The van der Waals surface area contributed by atoms with Crippen molar-refractivity contribution in [2.24, 2.45) is 5.92 Å². The summed E-state index contributed by atoms with van der Waals surface area (Å²) in [4.78, 5) is 13.0. The van der Waals surface area contributed by atoms with Crippen LogP contribution in [0.5, 0.6) is 5.75 Å². The monoisotopic (exact) mass is 434 g/mol. The largest absolute Gasteiger partial charge is 0.496 e. The third kappa shape index (κ3) is 4.82. The van der Waals surface area contributed by atoms with Crippen molar-refractivity contribution in [3.8, 4) is 5.75 Å². The number of methoxy groups -OCH3 is 1. The summed E-state index contributed by atoms with van der Waals surface area (Å²) in [6.07, 6.45) is 1.23. The molecule has 2 aromatic rings. The van der Waals surface area contributed by atoms with E-state index >= 15 is 0 Å². The van der Waals surface area contributed by atoms with Gasteiger partial charge in [-0.3, -0.25) is 4.79 Å². The Morgan fingerprint density at radius 3 is 2.57 bits per heavy atom. The van der Waals surface area contributed by atoms with Crippen LogP contribution in [0.1, 0.15) is 36.9 Å². The molecule has 1 fully saturated rings. The molecule has 8 heteroatoms. The molecule has 0 aliphatic carbocycles. The van der Waals surface area contributed by atoms with Gasteiger partial charge >= 0.3 is 0 Å². The smallest absolute Gasteiger partial charge is 0.243 e. The minimum atomic E-state index is -3.71. The number of nitrogens with one attached hydrogen (secondary N) is 1. The van der Waals surface area contributed by atoms with Crippen LogP contribution in [0.3, 0.4) is 0 Å². The van der Waals surface area contributed by atoms with Gasteiger partial charge in [-0.25, -0.2) is 12.8 Å². The van der Waals surface area contributed by atoms with Crippen molar-refractivity contribution in [3.05, 3.63) is 59.4 Å². The molecule has 1 aliphatic rings. The van der Waals surface area contributed by atoms with Crippen LogP contribution in [0.4, 0.5) is 4.39 Å². The van der Waals surface area contributed by atoms with E-state index in [1.165, 1.54) is 29.6 Å². The number of amides is 1. The highest BCUT2D eigenvalue weighted by Crippen LogP contribution is 2.27. The fourth-order valence-electron chi connectivity index (χ4n) is 3.70. The first-order valence-electron chi connectivity index (χ1n) is 9.93. The maximum Gasteiger partial charge on any atom is 0.243 e. The van der Waals surface area contributed by atoms with Gasteiger partial charge in [0, 0.05) is 13.1 Å². The third-order valence-electron chi connectivity index (χ3n) is 5.49. The number of rotatable bonds is 6. The molecule has 1 amide bonds. The maximum atomic E-state index is 13.1. The molecule has 2 atom stereocenters. The average molecular weight is 435 g/mol. The predicted octanol–water partition coefficient (Wildman–Crippen LogP) is 3.42. The number of piperidine rings is 1. The van der Waals surface area contributed by atoms with Crippen molar-refractivity contribution >= 4 is 15.9 Å². The summed E-state index contributed by atoms with van der Waals surface area (Å²) in [7, 11) is -2.17. The SMILES string of the molecule is COc1ccc(S(=O)(=O)N2CCC[C@@H](C(=O)N[C@@H](C)c3ccc(F)cc3)C2)cc1C. The number of hydrogen-bond acceptors (Lipinski definition) is 4. The molecule has 2 aromatic carbocycles. The van der Waals surface area contributed by atoms with Crippen LogP contribution in [-0.2, 0) is 14.8 Å². The summed E-state index contributed by atoms with van der Waals surface area (Å²) < 4.78 is 45.9. The van der Waals surface area contributed by atoms with E-state index in [9.17, 15) is 17.6 Å². The summed E-state index contributed by atoms with van der Waals surface area (Å²) in [5.74, 6) is -0.341. The Morgan fingerprint density at radius 1 is 1.23 bits per heavy atom. The molecule has 1 heterocycles. The van der Waals surface area contributed by atoms with Crippen LogP contribution >= 0.6 is 0 Å². The summed E-state index contributed by atoms with van der Waals surface area (Å²) >= 11 is 0. The standard InChI is InChI=1S/C22H27FN2O4S/c1-15-13-20(10-11-21(15)29-3)30(27,28)25-12-4-5-18(14-25)22(26)24-16(2)17-6-8-19(23)9-7-17/h6-11,13,16,18H,4-5,12,14H2,1-3H3,(H,24,26)/t16-,18+/m0/s1. The molecule has 30 heavy (non-hydrogen) atoms. The van der Waals surface area contributed by atoms with Gasteiger partial charge in [0.25, 0.3) is 0 Å². The van der Waals surface area contributed by atoms with Crippen LogP contribution in [-0.4, -0.2) is 38.8 Å². The van der Waals surface area contributed by atoms with Crippen LogP contribution < -0.4 is 10.1 Å². The number of carbonyl (C=O) groups is 1. The molecule has 0 aromatic heterocycles. The number of hydrogen-bond donors (Lipinski definition) is 1. The zero-order chi connectivity index (χ0) is 21.9. The highest BCUT2D eigenvalue weighted by Gasteiger charge is 2.34. The highest BCUT2D eigenvalue weighted by atomic mass is 32.2. The molecule has 0 unspecified atom stereocenters. The van der Waals surface area contributed by atoms with Crippen molar-refractivity contribution in [2.45, 2.75) is 37.6 Å². The number of benzene rings is 2. The van der Waals surface area contributed by atoms with Crippen molar-refractivity contribution in [2.75, 3.05) is 20.2 Å². The number of halogens is 1. The zero-order valence-electron chi connectivity index (χ0n) is 17.4. The number of nitrogens with zero attached hydrogens (tertiary/aromatic N) is 1. The van der Waals surface area contributed by atoms with E-state index in [0.29, 0.717) is 25.1 Å². The lowest BCUT2D eigenvalue weighted by Crippen LogP contribution is -2.45. The number of carbonyl (C=O) groups excluding carboxylic acids is 1. The lowest BCUT2D eigenvalue weighted by Gasteiger charge is -2.32. The lowest BCUT2D eigenvalue weighted by atomic mass is 9.98. The van der Waals surface area contributed by atoms with E-state index in [1.54, 1.807) is 31.2 Å². The topological polar surface area (TPSA) is 75.7 Å². The molecule has 6 nitrogen and oxygen atoms in total. The first-order valence-corrected chi connectivity index (χ1v) is 11.4. The van der Waals surface area contributed by atoms with E-state index in [4.69, 9.17) is 4.74 Å². The quantitative estimate of drug-likeness (QED) is 0.756. The molecule has 1 aliphatic heterocycles. The van der Waals surface area contributed by atoms with Gasteiger partial charge in [-0.1, -0.05) is 12.1 Å². The lowest BCUT2D eigenvalue weighted by molar-refractivity contribution is -0.126. The number of aryl methyl sites for hydroxylation is 1. The van der Waals surface area contributed by atoms with Crippen molar-refractivity contribution in [1.82, 2.24) is 9.62 Å². The zero-order valence-corrected chi connectivity index (χ0v) is 18.2. The Kier molecular flexibility index (Phi) is 6.77. The Balaban J connectivity index is 1.70. The van der Waals surface area contributed by atoms with Gasteiger partial charge in [0.05, 0.1) is 24.0 Å². The predicted molar refractivity (Wildman–Crippen MR) is 112 cm³/mol. The Morgan fingerprint density at radius 2 is 1.93 bits per heavy atom. The maximum absolute atomic E-state index is 13.1. The molecular weight excluding hydrogens is 407 g/mol. The number of ether oxygens (including phenoxy) is 1.